The van der Waals surface area contributed by atoms with Gasteiger partial charge in [-0.15, -0.1) is 6.58 Å². The molecule has 1 aromatic carbocycles. The summed E-state index contributed by atoms with van der Waals surface area (Å²) in [6.45, 7) is 5.40. The number of hydrogen-bond donors (Lipinski definition) is 1. The monoisotopic (exact) mass is 241 g/mol. The maximum atomic E-state index is 4.65. The maximum Gasteiger partial charge on any atom is 0.0726 e. The highest BCUT2D eigenvalue weighted by Crippen LogP contribution is 2.25. The SMILES string of the molecule is C=CCN(C)c1cc(CNC)nc2ccccc12. The summed E-state index contributed by atoms with van der Waals surface area (Å²) in [5.41, 5.74) is 3.30. The lowest BCUT2D eigenvalue weighted by molar-refractivity contribution is 0.794. The van der Waals surface area contributed by atoms with Gasteiger partial charge in [-0.1, -0.05) is 24.3 Å². The molecule has 0 saturated carbocycles. The minimum atomic E-state index is 0.778. The molecule has 0 spiro atoms. The molecule has 3 heteroatoms. The Hall–Kier alpha value is -1.87. The lowest BCUT2D eigenvalue weighted by Crippen LogP contribution is -2.18. The fourth-order valence-corrected chi connectivity index (χ4v) is 2.09. The fraction of sp³-hybridized carbons (Fsp3) is 0.267. The zero-order chi connectivity index (χ0) is 13.0. The molecule has 1 N–H and O–H groups in total. The number of aromatic nitrogens is 1. The summed E-state index contributed by atoms with van der Waals surface area (Å²) >= 11 is 0. The van der Waals surface area contributed by atoms with Crippen LogP contribution in [0.3, 0.4) is 0 Å². The van der Waals surface area contributed by atoms with Crippen LogP contribution in [0.1, 0.15) is 5.69 Å². The number of benzene rings is 1. The Morgan fingerprint density at radius 3 is 2.89 bits per heavy atom. The molecule has 2 rings (SSSR count). The van der Waals surface area contributed by atoms with E-state index in [4.69, 9.17) is 0 Å². The number of likely N-dealkylation sites (N-methyl/N-ethyl adjacent to an activating group) is 1. The number of nitrogens with one attached hydrogen (secondary N) is 1. The second-order valence-electron chi connectivity index (χ2n) is 4.35. The van der Waals surface area contributed by atoms with E-state index < -0.39 is 0 Å². The van der Waals surface area contributed by atoms with Gasteiger partial charge in [0, 0.05) is 31.2 Å². The molecule has 18 heavy (non-hydrogen) atoms. The van der Waals surface area contributed by atoms with Crippen molar-refractivity contribution in [2.24, 2.45) is 0 Å². The second-order valence-corrected chi connectivity index (χ2v) is 4.35. The Morgan fingerprint density at radius 1 is 1.39 bits per heavy atom. The predicted octanol–water partition coefficient (Wildman–Crippen LogP) is 2.58. The Kier molecular flexibility index (Phi) is 3.95. The molecule has 0 aliphatic carbocycles. The molecule has 1 aromatic heterocycles. The Bertz CT molecular complexity index is 548. The lowest BCUT2D eigenvalue weighted by atomic mass is 10.1. The number of anilines is 1. The Morgan fingerprint density at radius 2 is 2.17 bits per heavy atom. The highest BCUT2D eigenvalue weighted by Gasteiger charge is 2.08. The summed E-state index contributed by atoms with van der Waals surface area (Å²) in [6.07, 6.45) is 1.91. The second kappa shape index (κ2) is 5.65. The minimum Gasteiger partial charge on any atom is -0.370 e. The molecule has 0 saturated heterocycles. The molecule has 2 aromatic rings. The van der Waals surface area contributed by atoms with Crippen LogP contribution in [0, 0.1) is 0 Å². The van der Waals surface area contributed by atoms with Gasteiger partial charge >= 0.3 is 0 Å². The standard InChI is InChI=1S/C15H19N3/c1-4-9-18(3)15-10-12(11-16-2)17-14-8-6-5-7-13(14)15/h4-8,10,16H,1,9,11H2,2-3H3. The van der Waals surface area contributed by atoms with Crippen molar-refractivity contribution in [3.05, 3.63) is 48.7 Å². The zero-order valence-corrected chi connectivity index (χ0v) is 11.0. The molecule has 0 unspecified atom stereocenters. The van der Waals surface area contributed by atoms with E-state index in [0.717, 1.165) is 24.3 Å². The van der Waals surface area contributed by atoms with E-state index in [1.54, 1.807) is 0 Å². The van der Waals surface area contributed by atoms with Crippen molar-refractivity contribution in [3.8, 4) is 0 Å². The van der Waals surface area contributed by atoms with Gasteiger partial charge in [0.1, 0.15) is 0 Å². The van der Waals surface area contributed by atoms with Crippen LogP contribution in [0.15, 0.2) is 43.0 Å². The average molecular weight is 241 g/mol. The van der Waals surface area contributed by atoms with E-state index in [1.807, 2.05) is 25.3 Å². The first kappa shape index (κ1) is 12.6. The summed E-state index contributed by atoms with van der Waals surface area (Å²) in [5.74, 6) is 0. The van der Waals surface area contributed by atoms with E-state index in [-0.39, 0.29) is 0 Å². The molecule has 0 radical (unpaired) electrons. The molecule has 0 aliphatic rings. The van der Waals surface area contributed by atoms with Crippen LogP contribution in [0.2, 0.25) is 0 Å². The molecular formula is C15H19N3. The summed E-state index contributed by atoms with van der Waals surface area (Å²) in [5, 5.41) is 4.33. The predicted molar refractivity (Wildman–Crippen MR) is 78.0 cm³/mol. The third-order valence-electron chi connectivity index (χ3n) is 2.92. The average Bonchev–Trinajstić information content (AvgIpc) is 2.38. The van der Waals surface area contributed by atoms with Crippen LogP contribution < -0.4 is 10.2 Å². The topological polar surface area (TPSA) is 28.2 Å². The number of fused-ring (bicyclic) bond motifs is 1. The number of rotatable bonds is 5. The molecule has 94 valence electrons. The number of hydrogen-bond acceptors (Lipinski definition) is 3. The van der Waals surface area contributed by atoms with Crippen LogP contribution in [0.5, 0.6) is 0 Å². The first-order valence-corrected chi connectivity index (χ1v) is 6.11. The van der Waals surface area contributed by atoms with Crippen molar-refractivity contribution in [2.45, 2.75) is 6.54 Å². The van der Waals surface area contributed by atoms with Crippen molar-refractivity contribution in [1.29, 1.82) is 0 Å². The smallest absolute Gasteiger partial charge is 0.0726 e. The Balaban J connectivity index is 2.56. The quantitative estimate of drug-likeness (QED) is 0.815. The van der Waals surface area contributed by atoms with Crippen molar-refractivity contribution >= 4 is 16.6 Å². The first-order valence-electron chi connectivity index (χ1n) is 6.11. The van der Waals surface area contributed by atoms with Crippen molar-refractivity contribution in [3.63, 3.8) is 0 Å². The molecule has 0 amide bonds. The summed E-state index contributed by atoms with van der Waals surface area (Å²) in [4.78, 5) is 6.84. The third kappa shape index (κ3) is 2.51. The fourth-order valence-electron chi connectivity index (χ4n) is 2.09. The van der Waals surface area contributed by atoms with E-state index in [1.165, 1.54) is 11.1 Å². The number of para-hydroxylation sites is 1. The largest absolute Gasteiger partial charge is 0.370 e. The highest BCUT2D eigenvalue weighted by molar-refractivity contribution is 5.91. The van der Waals surface area contributed by atoms with Gasteiger partial charge in [0.25, 0.3) is 0 Å². The van der Waals surface area contributed by atoms with E-state index >= 15 is 0 Å². The van der Waals surface area contributed by atoms with Gasteiger partial charge in [0.15, 0.2) is 0 Å². The molecule has 0 bridgehead atoms. The summed E-state index contributed by atoms with van der Waals surface area (Å²) < 4.78 is 0. The van der Waals surface area contributed by atoms with Gasteiger partial charge in [0.2, 0.25) is 0 Å². The molecular weight excluding hydrogens is 222 g/mol. The maximum absolute atomic E-state index is 4.65. The van der Waals surface area contributed by atoms with Crippen LogP contribution >= 0.6 is 0 Å². The minimum absolute atomic E-state index is 0.778. The van der Waals surface area contributed by atoms with Crippen LogP contribution in [-0.4, -0.2) is 25.6 Å². The normalized spacial score (nSPS) is 10.6. The van der Waals surface area contributed by atoms with E-state index in [2.05, 4.69) is 47.0 Å². The van der Waals surface area contributed by atoms with Crippen LogP contribution in [0.4, 0.5) is 5.69 Å². The van der Waals surface area contributed by atoms with Crippen molar-refractivity contribution in [2.75, 3.05) is 25.5 Å². The Labute approximate surface area is 108 Å². The van der Waals surface area contributed by atoms with Gasteiger partial charge in [-0.05, 0) is 19.2 Å². The van der Waals surface area contributed by atoms with Gasteiger partial charge < -0.3 is 10.2 Å². The molecule has 1 heterocycles. The molecule has 0 atom stereocenters. The number of pyridine rings is 1. The molecule has 3 nitrogen and oxygen atoms in total. The van der Waals surface area contributed by atoms with Gasteiger partial charge in [-0.3, -0.25) is 4.98 Å². The first-order chi connectivity index (χ1) is 8.76. The summed E-state index contributed by atoms with van der Waals surface area (Å²) in [6, 6.07) is 10.4. The molecule has 0 aliphatic heterocycles. The van der Waals surface area contributed by atoms with Crippen LogP contribution in [-0.2, 0) is 6.54 Å². The van der Waals surface area contributed by atoms with Crippen molar-refractivity contribution in [1.82, 2.24) is 10.3 Å². The van der Waals surface area contributed by atoms with Gasteiger partial charge in [-0.2, -0.15) is 0 Å². The van der Waals surface area contributed by atoms with Crippen LogP contribution in [0.25, 0.3) is 10.9 Å². The van der Waals surface area contributed by atoms with E-state index in [0.29, 0.717) is 0 Å². The molecule has 0 fully saturated rings. The zero-order valence-electron chi connectivity index (χ0n) is 11.0. The van der Waals surface area contributed by atoms with Gasteiger partial charge in [0.05, 0.1) is 11.2 Å². The lowest BCUT2D eigenvalue weighted by Gasteiger charge is -2.20. The third-order valence-corrected chi connectivity index (χ3v) is 2.92. The van der Waals surface area contributed by atoms with Gasteiger partial charge in [-0.25, -0.2) is 0 Å². The number of nitrogens with zero attached hydrogens (tertiary/aromatic N) is 2. The van der Waals surface area contributed by atoms with Crippen molar-refractivity contribution < 1.29 is 0 Å². The van der Waals surface area contributed by atoms with E-state index in [9.17, 15) is 0 Å². The highest BCUT2D eigenvalue weighted by atomic mass is 15.1. The summed E-state index contributed by atoms with van der Waals surface area (Å²) in [7, 11) is 4.01.